The largest absolute Gasteiger partial charge is 0.455 e. The van der Waals surface area contributed by atoms with Crippen LogP contribution in [0.2, 0.25) is 0 Å². The van der Waals surface area contributed by atoms with Crippen molar-refractivity contribution in [1.82, 2.24) is 0 Å². The predicted octanol–water partition coefficient (Wildman–Crippen LogP) is 3.56. The van der Waals surface area contributed by atoms with E-state index in [1.807, 2.05) is 67.6 Å². The van der Waals surface area contributed by atoms with Crippen molar-refractivity contribution in [2.75, 3.05) is 13.2 Å². The monoisotopic (exact) mass is 311 g/mol. The minimum absolute atomic E-state index is 0.209. The van der Waals surface area contributed by atoms with Crippen LogP contribution in [0.15, 0.2) is 72.8 Å². The van der Waals surface area contributed by atoms with Gasteiger partial charge in [-0.2, -0.15) is 0 Å². The number of ether oxygens (including phenoxy) is 3. The van der Waals surface area contributed by atoms with E-state index in [0.29, 0.717) is 18.1 Å². The fourth-order valence-electron chi connectivity index (χ4n) is 1.80. The molecule has 0 amide bonds. The van der Waals surface area contributed by atoms with Crippen LogP contribution in [0.5, 0.6) is 11.5 Å². The summed E-state index contributed by atoms with van der Waals surface area (Å²) in [5, 5.41) is 0. The molecular weight excluding hydrogens is 292 g/mol. The first kappa shape index (κ1) is 16.3. The maximum absolute atomic E-state index is 5.92. The SMILES string of the molecule is C=C(C)COCC([Si])(Oc1ccccc1)Oc1ccccc1. The molecule has 0 aromatic heterocycles. The molecule has 0 aliphatic rings. The maximum Gasteiger partial charge on any atom is 0.244 e. The molecule has 0 fully saturated rings. The molecule has 0 bridgehead atoms. The highest BCUT2D eigenvalue weighted by atomic mass is 28.1. The zero-order chi connectivity index (χ0) is 15.8. The van der Waals surface area contributed by atoms with Crippen molar-refractivity contribution in [1.29, 1.82) is 0 Å². The van der Waals surface area contributed by atoms with Crippen molar-refractivity contribution in [2.24, 2.45) is 0 Å². The Bertz CT molecular complexity index is 542. The highest BCUT2D eigenvalue weighted by molar-refractivity contribution is 6.14. The third-order valence-corrected chi connectivity index (χ3v) is 3.04. The normalized spacial score (nSPS) is 11.0. The van der Waals surface area contributed by atoms with Crippen molar-refractivity contribution >= 4 is 10.2 Å². The van der Waals surface area contributed by atoms with E-state index < -0.39 is 5.41 Å². The summed E-state index contributed by atoms with van der Waals surface area (Å²) in [5.74, 6) is 1.37. The lowest BCUT2D eigenvalue weighted by molar-refractivity contribution is -0.0923. The Balaban J connectivity index is 2.10. The first-order valence-electron chi connectivity index (χ1n) is 7.03. The zero-order valence-corrected chi connectivity index (χ0v) is 13.6. The molecule has 2 rings (SSSR count). The van der Waals surface area contributed by atoms with Crippen molar-refractivity contribution in [3.05, 3.63) is 72.8 Å². The molecular formula is C18H19O3Si. The fourth-order valence-corrected chi connectivity index (χ4v) is 2.13. The van der Waals surface area contributed by atoms with Crippen LogP contribution < -0.4 is 9.47 Å². The van der Waals surface area contributed by atoms with Gasteiger partial charge in [0.2, 0.25) is 5.41 Å². The van der Waals surface area contributed by atoms with Crippen LogP contribution in [-0.2, 0) is 4.74 Å². The third-order valence-electron chi connectivity index (χ3n) is 2.69. The van der Waals surface area contributed by atoms with Crippen molar-refractivity contribution in [2.45, 2.75) is 12.3 Å². The van der Waals surface area contributed by atoms with E-state index in [1.165, 1.54) is 0 Å². The molecule has 0 saturated heterocycles. The second kappa shape index (κ2) is 7.82. The van der Waals surface area contributed by atoms with Gasteiger partial charge in [0.1, 0.15) is 18.1 Å². The van der Waals surface area contributed by atoms with Gasteiger partial charge >= 0.3 is 0 Å². The van der Waals surface area contributed by atoms with Crippen LogP contribution in [0.4, 0.5) is 0 Å². The second-order valence-electron chi connectivity index (χ2n) is 5.03. The summed E-state index contributed by atoms with van der Waals surface area (Å²) in [7, 11) is 3.57. The minimum Gasteiger partial charge on any atom is -0.455 e. The summed E-state index contributed by atoms with van der Waals surface area (Å²) in [5.41, 5.74) is -0.175. The van der Waals surface area contributed by atoms with Gasteiger partial charge in [-0.25, -0.2) is 0 Å². The van der Waals surface area contributed by atoms with Gasteiger partial charge in [-0.05, 0) is 31.2 Å². The van der Waals surface area contributed by atoms with Crippen LogP contribution in [0.25, 0.3) is 0 Å². The Hall–Kier alpha value is -2.04. The summed E-state index contributed by atoms with van der Waals surface area (Å²) in [4.78, 5) is 0. The van der Waals surface area contributed by atoms with E-state index in [2.05, 4.69) is 16.8 Å². The topological polar surface area (TPSA) is 27.7 Å². The van der Waals surface area contributed by atoms with Crippen LogP contribution in [0, 0.1) is 0 Å². The number of hydrogen-bond donors (Lipinski definition) is 0. The molecule has 2 aromatic carbocycles. The molecule has 4 heteroatoms. The lowest BCUT2D eigenvalue weighted by atomic mass is 10.3. The van der Waals surface area contributed by atoms with E-state index in [9.17, 15) is 0 Å². The molecule has 0 heterocycles. The molecule has 3 radical (unpaired) electrons. The second-order valence-corrected chi connectivity index (χ2v) is 5.79. The molecule has 3 nitrogen and oxygen atoms in total. The quantitative estimate of drug-likeness (QED) is 0.424. The van der Waals surface area contributed by atoms with Crippen molar-refractivity contribution in [3.8, 4) is 11.5 Å². The van der Waals surface area contributed by atoms with Gasteiger partial charge in [-0.3, -0.25) is 0 Å². The van der Waals surface area contributed by atoms with Crippen molar-refractivity contribution < 1.29 is 14.2 Å². The first-order chi connectivity index (χ1) is 10.6. The molecule has 0 aliphatic carbocycles. The fraction of sp³-hybridized carbons (Fsp3) is 0.222. The van der Waals surface area contributed by atoms with Crippen LogP contribution >= 0.6 is 0 Å². The highest BCUT2D eigenvalue weighted by Gasteiger charge is 2.29. The first-order valence-corrected chi connectivity index (χ1v) is 7.53. The Labute approximate surface area is 135 Å². The van der Waals surface area contributed by atoms with E-state index in [-0.39, 0.29) is 6.61 Å². The molecule has 0 atom stereocenters. The molecule has 2 aromatic rings. The smallest absolute Gasteiger partial charge is 0.244 e. The number of benzene rings is 2. The van der Waals surface area contributed by atoms with E-state index >= 15 is 0 Å². The molecule has 0 saturated carbocycles. The molecule has 22 heavy (non-hydrogen) atoms. The maximum atomic E-state index is 5.92. The lowest BCUT2D eigenvalue weighted by Crippen LogP contribution is -2.47. The Morgan fingerprint density at radius 1 is 0.955 bits per heavy atom. The predicted molar refractivity (Wildman–Crippen MR) is 88.3 cm³/mol. The number of hydrogen-bond acceptors (Lipinski definition) is 3. The summed E-state index contributed by atoms with van der Waals surface area (Å²) >= 11 is 0. The molecule has 113 valence electrons. The van der Waals surface area contributed by atoms with Crippen molar-refractivity contribution in [3.63, 3.8) is 0 Å². The highest BCUT2D eigenvalue weighted by Crippen LogP contribution is 2.21. The molecule has 0 spiro atoms. The number of para-hydroxylation sites is 2. The average Bonchev–Trinajstić information content (AvgIpc) is 2.48. The standard InChI is InChI=1S/C18H19O3Si/c1-15(2)13-19-14-18(22,20-16-9-5-3-6-10-16)21-17-11-7-4-8-12-17/h3-12H,1,13-14H2,2H3. The van der Waals surface area contributed by atoms with Gasteiger partial charge in [-0.15, -0.1) is 0 Å². The van der Waals surface area contributed by atoms with E-state index in [4.69, 9.17) is 14.2 Å². The van der Waals surface area contributed by atoms with Gasteiger partial charge in [0.25, 0.3) is 0 Å². The molecule has 0 N–H and O–H groups in total. The lowest BCUT2D eigenvalue weighted by Gasteiger charge is -2.31. The molecule has 0 unspecified atom stereocenters. The Morgan fingerprint density at radius 2 is 1.41 bits per heavy atom. The summed E-state index contributed by atoms with van der Waals surface area (Å²) in [6.07, 6.45) is 0. The van der Waals surface area contributed by atoms with E-state index in [1.54, 1.807) is 0 Å². The molecule has 0 aliphatic heterocycles. The Morgan fingerprint density at radius 3 is 1.82 bits per heavy atom. The number of rotatable bonds is 8. The average molecular weight is 311 g/mol. The summed E-state index contributed by atoms with van der Waals surface area (Å²) in [6, 6.07) is 18.9. The minimum atomic E-state index is -1.11. The van der Waals surface area contributed by atoms with Gasteiger partial charge in [-0.1, -0.05) is 48.6 Å². The van der Waals surface area contributed by atoms with Crippen LogP contribution in [0.3, 0.4) is 0 Å². The third kappa shape index (κ3) is 5.39. The van der Waals surface area contributed by atoms with E-state index in [0.717, 1.165) is 5.57 Å². The van der Waals surface area contributed by atoms with Crippen LogP contribution in [0.1, 0.15) is 6.92 Å². The Kier molecular flexibility index (Phi) is 5.80. The van der Waals surface area contributed by atoms with Gasteiger partial charge < -0.3 is 14.2 Å². The van der Waals surface area contributed by atoms with Gasteiger partial charge in [0, 0.05) is 0 Å². The van der Waals surface area contributed by atoms with Crippen LogP contribution in [-0.4, -0.2) is 28.9 Å². The summed E-state index contributed by atoms with van der Waals surface area (Å²) < 4.78 is 17.5. The summed E-state index contributed by atoms with van der Waals surface area (Å²) in [6.45, 7) is 6.38. The zero-order valence-electron chi connectivity index (χ0n) is 12.6. The van der Waals surface area contributed by atoms with Gasteiger partial charge in [0.15, 0.2) is 10.2 Å². The van der Waals surface area contributed by atoms with Gasteiger partial charge in [0.05, 0.1) is 6.61 Å².